The average molecular weight is 553 g/mol. The third-order valence-electron chi connectivity index (χ3n) is 6.14. The van der Waals surface area contributed by atoms with Crippen LogP contribution < -0.4 is 21.3 Å². The standard InChI is InChI=1S/C26H29ClN8O4/c1-26(2,3)39-25(38)34-9-5-8-18(34)14-28-21-12-20(30-17-7-4-6-16(27)11-17)32-22-15(13-29-35(21)22)10-19-23(36)33-24(37)31-19/h4,6-7,10-13,18,28H,5,8-9,14H2,1-3H3,(H,30,32)(H2,31,33,36,37)/b19-10-. The number of rotatable bonds is 6. The lowest BCUT2D eigenvalue weighted by Gasteiger charge is -2.29. The Labute approximate surface area is 229 Å². The van der Waals surface area contributed by atoms with Crippen LogP contribution in [0.5, 0.6) is 0 Å². The van der Waals surface area contributed by atoms with Crippen LogP contribution in [0.15, 0.2) is 42.2 Å². The number of halogens is 1. The number of amides is 4. The third kappa shape index (κ3) is 6.06. The van der Waals surface area contributed by atoms with E-state index in [9.17, 15) is 14.4 Å². The summed E-state index contributed by atoms with van der Waals surface area (Å²) in [6, 6.07) is 8.37. The predicted molar refractivity (Wildman–Crippen MR) is 147 cm³/mol. The number of fused-ring (bicyclic) bond motifs is 1. The third-order valence-corrected chi connectivity index (χ3v) is 6.37. The van der Waals surface area contributed by atoms with E-state index in [1.54, 1.807) is 33.8 Å². The van der Waals surface area contributed by atoms with Gasteiger partial charge in [0.2, 0.25) is 0 Å². The minimum absolute atomic E-state index is 0.0676. The molecular weight excluding hydrogens is 524 g/mol. The molecule has 0 bridgehead atoms. The van der Waals surface area contributed by atoms with Gasteiger partial charge in [-0.2, -0.15) is 9.61 Å². The quantitative estimate of drug-likeness (QED) is 0.264. The molecule has 204 valence electrons. The summed E-state index contributed by atoms with van der Waals surface area (Å²) in [5.41, 5.74) is 1.22. The molecule has 13 heteroatoms. The lowest BCUT2D eigenvalue weighted by molar-refractivity contribution is -0.115. The van der Waals surface area contributed by atoms with E-state index in [-0.39, 0.29) is 17.8 Å². The molecular formula is C26H29ClN8O4. The predicted octanol–water partition coefficient (Wildman–Crippen LogP) is 4.12. The summed E-state index contributed by atoms with van der Waals surface area (Å²) in [6.45, 7) is 6.64. The highest BCUT2D eigenvalue weighted by molar-refractivity contribution is 6.30. The Balaban J connectivity index is 1.45. The minimum Gasteiger partial charge on any atom is -0.444 e. The molecule has 0 spiro atoms. The summed E-state index contributed by atoms with van der Waals surface area (Å²) in [4.78, 5) is 42.9. The Bertz CT molecular complexity index is 1480. The second kappa shape index (κ2) is 10.4. The highest BCUT2D eigenvalue weighted by Crippen LogP contribution is 2.26. The number of nitrogens with zero attached hydrogens (tertiary/aromatic N) is 4. The van der Waals surface area contributed by atoms with E-state index in [4.69, 9.17) is 21.3 Å². The van der Waals surface area contributed by atoms with Crippen LogP contribution in [0.4, 0.5) is 26.9 Å². The highest BCUT2D eigenvalue weighted by Gasteiger charge is 2.32. The van der Waals surface area contributed by atoms with Crippen molar-refractivity contribution in [3.63, 3.8) is 0 Å². The molecule has 1 atom stereocenters. The Morgan fingerprint density at radius 1 is 1.26 bits per heavy atom. The largest absolute Gasteiger partial charge is 0.444 e. The maximum absolute atomic E-state index is 12.8. The molecule has 5 rings (SSSR count). The van der Waals surface area contributed by atoms with E-state index in [0.717, 1.165) is 18.5 Å². The van der Waals surface area contributed by atoms with Gasteiger partial charge in [0.05, 0.1) is 12.2 Å². The zero-order chi connectivity index (χ0) is 27.7. The summed E-state index contributed by atoms with van der Waals surface area (Å²) >= 11 is 6.16. The Morgan fingerprint density at radius 3 is 2.79 bits per heavy atom. The normalized spacial score (nSPS) is 18.4. The SMILES string of the molecule is CC(C)(C)OC(=O)N1CCCC1CNc1cc(Nc2cccc(Cl)c2)nc2c(/C=C3\NC(=O)NC3=O)cnn12. The Kier molecular flexibility index (Phi) is 7.04. The summed E-state index contributed by atoms with van der Waals surface area (Å²) in [6.07, 6.45) is 4.46. The minimum atomic E-state index is -0.590. The zero-order valence-electron chi connectivity index (χ0n) is 21.7. The van der Waals surface area contributed by atoms with Gasteiger partial charge >= 0.3 is 12.1 Å². The number of hydrogen-bond acceptors (Lipinski definition) is 8. The van der Waals surface area contributed by atoms with Crippen molar-refractivity contribution < 1.29 is 19.1 Å². The number of nitrogens with one attached hydrogen (secondary N) is 4. The van der Waals surface area contributed by atoms with Crippen LogP contribution in [0.25, 0.3) is 11.7 Å². The summed E-state index contributed by atoms with van der Waals surface area (Å²) in [5, 5.41) is 16.4. The van der Waals surface area contributed by atoms with Crippen LogP contribution in [0.3, 0.4) is 0 Å². The van der Waals surface area contributed by atoms with E-state index in [1.165, 1.54) is 6.08 Å². The number of carbonyl (C=O) groups is 3. The fourth-order valence-electron chi connectivity index (χ4n) is 4.45. The molecule has 2 aromatic heterocycles. The van der Waals surface area contributed by atoms with Crippen LogP contribution in [0, 0.1) is 0 Å². The van der Waals surface area contributed by atoms with E-state index in [1.807, 2.05) is 32.9 Å². The molecule has 2 aliphatic rings. The Morgan fingerprint density at radius 2 is 2.08 bits per heavy atom. The summed E-state index contributed by atoms with van der Waals surface area (Å²) < 4.78 is 7.20. The molecule has 0 saturated carbocycles. The summed E-state index contributed by atoms with van der Waals surface area (Å²) in [5.74, 6) is 0.585. The van der Waals surface area contributed by atoms with Crippen LogP contribution in [0.2, 0.25) is 5.02 Å². The molecule has 2 saturated heterocycles. The van der Waals surface area contributed by atoms with Gasteiger partial charge in [-0.3, -0.25) is 10.1 Å². The van der Waals surface area contributed by atoms with E-state index < -0.39 is 17.5 Å². The van der Waals surface area contributed by atoms with Gasteiger partial charge in [0.15, 0.2) is 5.65 Å². The van der Waals surface area contributed by atoms with Crippen molar-refractivity contribution in [3.8, 4) is 0 Å². The van der Waals surface area contributed by atoms with Crippen molar-refractivity contribution in [1.29, 1.82) is 0 Å². The second-order valence-electron chi connectivity index (χ2n) is 10.3. The first kappa shape index (κ1) is 26.3. The van der Waals surface area contributed by atoms with Crippen molar-refractivity contribution in [1.82, 2.24) is 30.1 Å². The average Bonchev–Trinajstić information content (AvgIpc) is 3.56. The van der Waals surface area contributed by atoms with E-state index in [2.05, 4.69) is 26.4 Å². The van der Waals surface area contributed by atoms with E-state index in [0.29, 0.717) is 41.0 Å². The molecule has 4 heterocycles. The number of likely N-dealkylation sites (tertiary alicyclic amines) is 1. The maximum Gasteiger partial charge on any atom is 0.410 e. The van der Waals surface area contributed by atoms with Crippen LogP contribution in [-0.4, -0.2) is 62.3 Å². The van der Waals surface area contributed by atoms with E-state index >= 15 is 0 Å². The van der Waals surface area contributed by atoms with Gasteiger partial charge in [-0.05, 0) is 57.9 Å². The smallest absolute Gasteiger partial charge is 0.410 e. The van der Waals surface area contributed by atoms with Gasteiger partial charge in [-0.15, -0.1) is 0 Å². The van der Waals surface area contributed by atoms with Crippen LogP contribution >= 0.6 is 11.6 Å². The van der Waals surface area contributed by atoms with Crippen LogP contribution in [0.1, 0.15) is 39.2 Å². The Hall–Kier alpha value is -4.32. The lowest BCUT2D eigenvalue weighted by Crippen LogP contribution is -2.42. The number of carbonyl (C=O) groups excluding carboxylic acids is 3. The van der Waals surface area contributed by atoms with Crippen molar-refractivity contribution >= 4 is 58.7 Å². The fraction of sp³-hybridized carbons (Fsp3) is 0.346. The number of urea groups is 1. The van der Waals surface area contributed by atoms with Crippen molar-refractivity contribution in [3.05, 3.63) is 52.8 Å². The first-order valence-electron chi connectivity index (χ1n) is 12.5. The topological polar surface area (TPSA) is 142 Å². The first-order chi connectivity index (χ1) is 18.6. The highest BCUT2D eigenvalue weighted by atomic mass is 35.5. The number of aromatic nitrogens is 3. The van der Waals surface area contributed by atoms with Gasteiger partial charge in [0.1, 0.15) is 22.9 Å². The van der Waals surface area contributed by atoms with Crippen molar-refractivity contribution in [2.75, 3.05) is 23.7 Å². The second-order valence-corrected chi connectivity index (χ2v) is 10.8. The molecule has 39 heavy (non-hydrogen) atoms. The fourth-order valence-corrected chi connectivity index (χ4v) is 4.65. The summed E-state index contributed by atoms with van der Waals surface area (Å²) in [7, 11) is 0. The van der Waals surface area contributed by atoms with Gasteiger partial charge in [0.25, 0.3) is 5.91 Å². The molecule has 4 N–H and O–H groups in total. The number of hydrogen-bond donors (Lipinski definition) is 4. The maximum atomic E-state index is 12.8. The molecule has 2 fully saturated rings. The molecule has 4 amide bonds. The van der Waals surface area contributed by atoms with Gasteiger partial charge in [0, 0.05) is 35.4 Å². The van der Waals surface area contributed by atoms with Gasteiger partial charge in [-0.1, -0.05) is 17.7 Å². The number of anilines is 3. The number of imide groups is 1. The number of ether oxygens (including phenoxy) is 1. The molecule has 3 aromatic rings. The molecule has 0 aliphatic carbocycles. The lowest BCUT2D eigenvalue weighted by atomic mass is 10.2. The van der Waals surface area contributed by atoms with Gasteiger partial charge in [-0.25, -0.2) is 14.6 Å². The molecule has 1 unspecified atom stereocenters. The molecule has 12 nitrogen and oxygen atoms in total. The first-order valence-corrected chi connectivity index (χ1v) is 12.9. The molecule has 2 aliphatic heterocycles. The van der Waals surface area contributed by atoms with Crippen molar-refractivity contribution in [2.24, 2.45) is 0 Å². The van der Waals surface area contributed by atoms with Crippen LogP contribution in [-0.2, 0) is 9.53 Å². The molecule has 1 aromatic carbocycles. The monoisotopic (exact) mass is 552 g/mol. The van der Waals surface area contributed by atoms with Gasteiger partial charge < -0.3 is 25.6 Å². The van der Waals surface area contributed by atoms with Crippen molar-refractivity contribution in [2.45, 2.75) is 45.3 Å². The zero-order valence-corrected chi connectivity index (χ0v) is 22.5. The number of benzene rings is 1. The molecule has 0 radical (unpaired) electrons.